The molecule has 8 aromatic rings. The van der Waals surface area contributed by atoms with Crippen molar-refractivity contribution in [1.29, 1.82) is 0 Å². The number of para-hydroxylation sites is 3. The maximum absolute atomic E-state index is 4.13. The summed E-state index contributed by atoms with van der Waals surface area (Å²) in [5, 5.41) is 0. The zero-order chi connectivity index (χ0) is 39.0. The van der Waals surface area contributed by atoms with E-state index in [2.05, 4.69) is 228 Å². The maximum Gasteiger partial charge on any atom is 0.252 e. The molecule has 0 aromatic heterocycles. The van der Waals surface area contributed by atoms with Gasteiger partial charge in [-0.3, -0.25) is 0 Å². The van der Waals surface area contributed by atoms with Gasteiger partial charge in [0.05, 0.1) is 0 Å². The summed E-state index contributed by atoms with van der Waals surface area (Å²) in [7, 11) is 0. The summed E-state index contributed by atoms with van der Waals surface area (Å²) in [4.78, 5) is 7.27. The highest BCUT2D eigenvalue weighted by molar-refractivity contribution is 7.00. The van der Waals surface area contributed by atoms with Crippen LogP contribution in [-0.2, 0) is 0 Å². The van der Waals surface area contributed by atoms with E-state index in [1.807, 2.05) is 18.2 Å². The van der Waals surface area contributed by atoms with Crippen LogP contribution >= 0.6 is 0 Å². The minimum absolute atomic E-state index is 0.0132. The van der Waals surface area contributed by atoms with Crippen LogP contribution in [0.5, 0.6) is 0 Å². The number of benzene rings is 8. The van der Waals surface area contributed by atoms with Crippen molar-refractivity contribution in [3.05, 3.63) is 237 Å². The Morgan fingerprint density at radius 3 is 1.64 bits per heavy atom. The van der Waals surface area contributed by atoms with Gasteiger partial charge in [-0.15, -0.1) is 0 Å². The average Bonchev–Trinajstić information content (AvgIpc) is 3.29. The van der Waals surface area contributed by atoms with Crippen LogP contribution in [-0.4, -0.2) is 6.71 Å². The molecule has 0 amide bonds. The first kappa shape index (κ1) is 34.9. The number of fused-ring (bicyclic) bond motifs is 4. The fourth-order valence-electron chi connectivity index (χ4n) is 8.83. The third kappa shape index (κ3) is 5.94. The highest BCUT2D eigenvalue weighted by Gasteiger charge is 2.43. The van der Waals surface area contributed by atoms with Gasteiger partial charge in [0.2, 0.25) is 0 Å². The predicted octanol–water partition coefficient (Wildman–Crippen LogP) is 12.7. The third-order valence-electron chi connectivity index (χ3n) is 11.3. The Morgan fingerprint density at radius 2 is 1.00 bits per heavy atom. The van der Waals surface area contributed by atoms with E-state index < -0.39 is 0 Å². The van der Waals surface area contributed by atoms with Gasteiger partial charge in [0.1, 0.15) is 0 Å². The first-order valence-electron chi connectivity index (χ1n) is 19.8. The van der Waals surface area contributed by atoms with Gasteiger partial charge in [0.15, 0.2) is 0 Å². The molecule has 0 unspecified atom stereocenters. The third-order valence-corrected chi connectivity index (χ3v) is 11.3. The Balaban J connectivity index is 1.24. The minimum atomic E-state index is -0.0132. The SMILES string of the molecule is C=C/C=C(\C=C)c1cccc(N2c3cc(-c4ccccc4)ccc3B3c4ccc(N(c5ccccc5)c5ccccc5)cc4N(c4ccccc4)c4cccc2c43)c1. The van der Waals surface area contributed by atoms with Crippen LogP contribution in [0.4, 0.5) is 51.2 Å². The molecular weight excluding hydrogens is 701 g/mol. The average molecular weight is 742 g/mol. The van der Waals surface area contributed by atoms with Crippen molar-refractivity contribution in [2.75, 3.05) is 14.7 Å². The van der Waals surface area contributed by atoms with E-state index in [0.29, 0.717) is 0 Å². The van der Waals surface area contributed by atoms with Gasteiger partial charge >= 0.3 is 0 Å². The Morgan fingerprint density at radius 1 is 0.448 bits per heavy atom. The molecule has 2 heterocycles. The molecule has 0 fully saturated rings. The van der Waals surface area contributed by atoms with Crippen molar-refractivity contribution in [2.45, 2.75) is 0 Å². The highest BCUT2D eigenvalue weighted by Crippen LogP contribution is 2.46. The van der Waals surface area contributed by atoms with E-state index >= 15 is 0 Å². The van der Waals surface area contributed by atoms with Crippen molar-refractivity contribution in [3.63, 3.8) is 0 Å². The van der Waals surface area contributed by atoms with Crippen molar-refractivity contribution in [1.82, 2.24) is 0 Å². The topological polar surface area (TPSA) is 9.72 Å². The first-order valence-corrected chi connectivity index (χ1v) is 19.8. The lowest BCUT2D eigenvalue weighted by atomic mass is 9.33. The fraction of sp³-hybridized carbons (Fsp3) is 0. The van der Waals surface area contributed by atoms with Crippen molar-refractivity contribution >= 4 is 79.9 Å². The summed E-state index contributed by atoms with van der Waals surface area (Å²) in [5.74, 6) is 0. The van der Waals surface area contributed by atoms with E-state index in [1.54, 1.807) is 0 Å². The minimum Gasteiger partial charge on any atom is -0.311 e. The number of nitrogens with zero attached hydrogens (tertiary/aromatic N) is 3. The molecule has 274 valence electrons. The van der Waals surface area contributed by atoms with Gasteiger partial charge in [-0.05, 0) is 118 Å². The normalized spacial score (nSPS) is 12.6. The lowest BCUT2D eigenvalue weighted by Gasteiger charge is -2.44. The number of rotatable bonds is 9. The predicted molar refractivity (Wildman–Crippen MR) is 249 cm³/mol. The highest BCUT2D eigenvalue weighted by atomic mass is 15.2. The molecule has 2 aliphatic heterocycles. The first-order chi connectivity index (χ1) is 28.7. The van der Waals surface area contributed by atoms with Crippen molar-refractivity contribution in [2.24, 2.45) is 0 Å². The monoisotopic (exact) mass is 741 g/mol. The summed E-state index contributed by atoms with van der Waals surface area (Å²) < 4.78 is 0. The Hall–Kier alpha value is -7.56. The van der Waals surface area contributed by atoms with E-state index in [0.717, 1.165) is 50.9 Å². The molecule has 0 aliphatic carbocycles. The van der Waals surface area contributed by atoms with E-state index in [-0.39, 0.29) is 6.71 Å². The molecule has 4 heteroatoms. The van der Waals surface area contributed by atoms with E-state index in [1.165, 1.54) is 38.9 Å². The fourth-order valence-corrected chi connectivity index (χ4v) is 8.83. The van der Waals surface area contributed by atoms with Gasteiger partial charge in [-0.2, -0.15) is 0 Å². The van der Waals surface area contributed by atoms with Gasteiger partial charge in [0, 0.05) is 51.2 Å². The summed E-state index contributed by atoms with van der Waals surface area (Å²) in [6, 6.07) is 72.4. The smallest absolute Gasteiger partial charge is 0.252 e. The van der Waals surface area contributed by atoms with Crippen LogP contribution in [0.15, 0.2) is 232 Å². The van der Waals surface area contributed by atoms with Gasteiger partial charge in [0.25, 0.3) is 6.71 Å². The summed E-state index contributed by atoms with van der Waals surface area (Å²) in [6.45, 7) is 8.09. The molecule has 0 saturated heterocycles. The van der Waals surface area contributed by atoms with Crippen LogP contribution in [0.25, 0.3) is 16.7 Å². The molecule has 0 N–H and O–H groups in total. The lowest BCUT2D eigenvalue weighted by Crippen LogP contribution is -2.61. The van der Waals surface area contributed by atoms with Crippen LogP contribution in [0.3, 0.4) is 0 Å². The van der Waals surface area contributed by atoms with Gasteiger partial charge in [-0.1, -0.05) is 153 Å². The number of allylic oxidation sites excluding steroid dienone is 4. The molecule has 8 aromatic carbocycles. The molecule has 10 rings (SSSR count). The second kappa shape index (κ2) is 14.8. The van der Waals surface area contributed by atoms with Crippen LogP contribution < -0.4 is 31.1 Å². The molecule has 0 saturated carbocycles. The molecule has 58 heavy (non-hydrogen) atoms. The summed E-state index contributed by atoms with van der Waals surface area (Å²) in [5.41, 5.74) is 18.5. The van der Waals surface area contributed by atoms with Crippen LogP contribution in [0.2, 0.25) is 0 Å². The van der Waals surface area contributed by atoms with Gasteiger partial charge < -0.3 is 14.7 Å². The summed E-state index contributed by atoms with van der Waals surface area (Å²) in [6.07, 6.45) is 5.74. The van der Waals surface area contributed by atoms with Crippen LogP contribution in [0.1, 0.15) is 5.56 Å². The van der Waals surface area contributed by atoms with E-state index in [9.17, 15) is 0 Å². The van der Waals surface area contributed by atoms with Crippen molar-refractivity contribution < 1.29 is 0 Å². The molecule has 2 aliphatic rings. The zero-order valence-electron chi connectivity index (χ0n) is 32.1. The Bertz CT molecular complexity index is 2790. The largest absolute Gasteiger partial charge is 0.311 e. The standard InChI is InChI=1S/C54H40BN3/c1-3-19-39(4-2)41-22-17-29-46(36-41)58-51-31-18-30-50-54(51)55(48-34-32-42(37-52(48)58)40-20-9-5-10-21-40)49-35-33-47(38-53(49)57(50)45-27-15-8-16-28-45)56(43-23-11-6-12-24-43)44-25-13-7-14-26-44/h3-38H,1-2H2/b39-19+. The van der Waals surface area contributed by atoms with E-state index in [4.69, 9.17) is 0 Å². The quantitative estimate of drug-likeness (QED) is 0.108. The Kier molecular flexibility index (Phi) is 8.93. The maximum atomic E-state index is 4.13. The molecule has 0 atom stereocenters. The summed E-state index contributed by atoms with van der Waals surface area (Å²) >= 11 is 0. The molecule has 0 spiro atoms. The number of hydrogen-bond acceptors (Lipinski definition) is 3. The number of hydrogen-bond donors (Lipinski definition) is 0. The molecular formula is C54H40BN3. The second-order valence-corrected chi connectivity index (χ2v) is 14.7. The van der Waals surface area contributed by atoms with Gasteiger partial charge in [-0.25, -0.2) is 0 Å². The second-order valence-electron chi connectivity index (χ2n) is 14.7. The molecule has 3 nitrogen and oxygen atoms in total. The zero-order valence-corrected chi connectivity index (χ0v) is 32.1. The lowest BCUT2D eigenvalue weighted by molar-refractivity contribution is 1.24. The Labute approximate surface area is 341 Å². The van der Waals surface area contributed by atoms with Crippen LogP contribution in [0, 0.1) is 0 Å². The number of anilines is 9. The van der Waals surface area contributed by atoms with Crippen molar-refractivity contribution in [3.8, 4) is 11.1 Å². The molecule has 0 bridgehead atoms. The molecule has 0 radical (unpaired) electrons.